The fraction of sp³-hybridized carbons (Fsp3) is 0.231. The van der Waals surface area contributed by atoms with E-state index >= 15 is 0 Å². The zero-order valence-corrected chi connectivity index (χ0v) is 10.2. The van der Waals surface area contributed by atoms with Gasteiger partial charge in [0.05, 0.1) is 13.7 Å². The molecule has 0 aliphatic heterocycles. The van der Waals surface area contributed by atoms with E-state index in [1.165, 1.54) is 31.4 Å². The number of carbonyl (C=O) groups is 2. The molecule has 0 bridgehead atoms. The fourth-order valence-corrected chi connectivity index (χ4v) is 1.36. The van der Waals surface area contributed by atoms with Crippen LogP contribution in [-0.2, 0) is 9.53 Å². The molecule has 1 rings (SSSR count). The van der Waals surface area contributed by atoms with Crippen LogP contribution >= 0.6 is 0 Å². The van der Waals surface area contributed by atoms with E-state index in [-0.39, 0.29) is 18.1 Å². The molecule has 1 N–H and O–H groups in total. The van der Waals surface area contributed by atoms with Crippen LogP contribution in [0.25, 0.3) is 6.08 Å². The second kappa shape index (κ2) is 6.44. The van der Waals surface area contributed by atoms with Crippen LogP contribution in [0, 0.1) is 0 Å². The normalized spacial score (nSPS) is 10.3. The van der Waals surface area contributed by atoms with Crippen molar-refractivity contribution in [1.82, 2.24) is 0 Å². The minimum atomic E-state index is -0.510. The minimum absolute atomic E-state index is 0.105. The van der Waals surface area contributed by atoms with Crippen molar-refractivity contribution in [2.45, 2.75) is 6.92 Å². The summed E-state index contributed by atoms with van der Waals surface area (Å²) >= 11 is 0. The molecule has 0 amide bonds. The largest absolute Gasteiger partial charge is 0.504 e. The summed E-state index contributed by atoms with van der Waals surface area (Å²) in [7, 11) is 1.39. The van der Waals surface area contributed by atoms with Crippen LogP contribution < -0.4 is 4.74 Å². The van der Waals surface area contributed by atoms with Crippen LogP contribution in [-0.4, -0.2) is 31.1 Å². The number of aromatic hydroxyl groups is 1. The number of phenols is 1. The first-order valence-corrected chi connectivity index (χ1v) is 5.33. The maximum Gasteiger partial charge on any atom is 0.330 e. The second-order valence-electron chi connectivity index (χ2n) is 3.36. The van der Waals surface area contributed by atoms with E-state index < -0.39 is 5.97 Å². The summed E-state index contributed by atoms with van der Waals surface area (Å²) in [6.07, 6.45) is 3.21. The van der Waals surface area contributed by atoms with Gasteiger partial charge in [-0.2, -0.15) is 0 Å². The smallest absolute Gasteiger partial charge is 0.330 e. The molecule has 1 aromatic rings. The van der Waals surface area contributed by atoms with Crippen LogP contribution in [0.5, 0.6) is 11.5 Å². The molecule has 18 heavy (non-hydrogen) atoms. The lowest BCUT2D eigenvalue weighted by atomic mass is 10.1. The summed E-state index contributed by atoms with van der Waals surface area (Å²) in [5, 5.41) is 9.59. The van der Waals surface area contributed by atoms with Gasteiger partial charge in [0.2, 0.25) is 0 Å². The SMILES string of the molecule is CCOC(=O)C=Cc1cc(O)c(OC)cc1C=O. The maximum atomic E-state index is 11.1. The van der Waals surface area contributed by atoms with Gasteiger partial charge in [-0.05, 0) is 30.7 Å². The number of methoxy groups -OCH3 is 1. The quantitative estimate of drug-likeness (QED) is 0.490. The Bertz CT molecular complexity index is 477. The number of phenolic OH excluding ortho intramolecular Hbond substituents is 1. The Labute approximate surface area is 105 Å². The molecule has 0 aliphatic rings. The standard InChI is InChI=1S/C13H14O5/c1-3-18-13(16)5-4-9-6-11(15)12(17-2)7-10(9)8-14/h4-8,15H,3H2,1-2H3. The van der Waals surface area contributed by atoms with E-state index in [0.29, 0.717) is 17.4 Å². The van der Waals surface area contributed by atoms with Crippen LogP contribution in [0.15, 0.2) is 18.2 Å². The molecule has 1 aromatic carbocycles. The summed E-state index contributed by atoms with van der Waals surface area (Å²) < 4.78 is 9.59. The topological polar surface area (TPSA) is 72.8 Å². The lowest BCUT2D eigenvalue weighted by Gasteiger charge is -2.06. The van der Waals surface area contributed by atoms with Gasteiger partial charge in [-0.1, -0.05) is 0 Å². The predicted octanol–water partition coefficient (Wildman–Crippen LogP) is 1.79. The number of aldehydes is 1. The summed E-state index contributed by atoms with van der Waals surface area (Å²) in [5.41, 5.74) is 0.724. The number of esters is 1. The summed E-state index contributed by atoms with van der Waals surface area (Å²) in [6.45, 7) is 1.97. The predicted molar refractivity (Wildman–Crippen MR) is 65.7 cm³/mol. The molecule has 0 saturated heterocycles. The van der Waals surface area contributed by atoms with Gasteiger partial charge in [-0.3, -0.25) is 4.79 Å². The second-order valence-corrected chi connectivity index (χ2v) is 3.36. The van der Waals surface area contributed by atoms with E-state index in [4.69, 9.17) is 9.47 Å². The molecular weight excluding hydrogens is 236 g/mol. The van der Waals surface area contributed by atoms with Crippen LogP contribution in [0.1, 0.15) is 22.8 Å². The molecule has 96 valence electrons. The van der Waals surface area contributed by atoms with E-state index in [2.05, 4.69) is 0 Å². The Morgan fingerprint density at radius 2 is 2.11 bits per heavy atom. The molecule has 0 atom stereocenters. The van der Waals surface area contributed by atoms with Crippen LogP contribution in [0.2, 0.25) is 0 Å². The van der Waals surface area contributed by atoms with E-state index in [0.717, 1.165) is 0 Å². The van der Waals surface area contributed by atoms with Crippen molar-refractivity contribution < 1.29 is 24.2 Å². The highest BCUT2D eigenvalue weighted by Gasteiger charge is 2.07. The molecule has 0 unspecified atom stereocenters. The Balaban J connectivity index is 3.05. The van der Waals surface area contributed by atoms with Crippen molar-refractivity contribution in [3.8, 4) is 11.5 Å². The molecule has 0 saturated carbocycles. The number of hydrogen-bond donors (Lipinski definition) is 1. The average molecular weight is 250 g/mol. The number of rotatable bonds is 5. The highest BCUT2D eigenvalue weighted by molar-refractivity contribution is 5.90. The lowest BCUT2D eigenvalue weighted by Crippen LogP contribution is -1.99. The molecule has 5 heteroatoms. The first kappa shape index (κ1) is 13.8. The number of hydrogen-bond acceptors (Lipinski definition) is 5. The number of benzene rings is 1. The highest BCUT2D eigenvalue weighted by Crippen LogP contribution is 2.29. The van der Waals surface area contributed by atoms with Gasteiger partial charge < -0.3 is 14.6 Å². The van der Waals surface area contributed by atoms with E-state index in [9.17, 15) is 14.7 Å². The molecule has 0 aliphatic carbocycles. The molecular formula is C13H14O5. The summed E-state index contributed by atoms with van der Waals surface area (Å²) in [5.74, 6) is -0.415. The average Bonchev–Trinajstić information content (AvgIpc) is 2.36. The Morgan fingerprint density at radius 1 is 1.39 bits per heavy atom. The fourth-order valence-electron chi connectivity index (χ4n) is 1.36. The third-order valence-corrected chi connectivity index (χ3v) is 2.20. The molecule has 0 fully saturated rings. The van der Waals surface area contributed by atoms with Crippen molar-refractivity contribution in [3.05, 3.63) is 29.3 Å². The van der Waals surface area contributed by atoms with Crippen molar-refractivity contribution in [3.63, 3.8) is 0 Å². The molecule has 0 aromatic heterocycles. The molecule has 5 nitrogen and oxygen atoms in total. The van der Waals surface area contributed by atoms with Gasteiger partial charge in [-0.25, -0.2) is 4.79 Å². The lowest BCUT2D eigenvalue weighted by molar-refractivity contribution is -0.137. The van der Waals surface area contributed by atoms with Crippen molar-refractivity contribution >= 4 is 18.3 Å². The highest BCUT2D eigenvalue weighted by atomic mass is 16.5. The third-order valence-electron chi connectivity index (χ3n) is 2.20. The van der Waals surface area contributed by atoms with Gasteiger partial charge >= 0.3 is 5.97 Å². The van der Waals surface area contributed by atoms with E-state index in [1.54, 1.807) is 6.92 Å². The minimum Gasteiger partial charge on any atom is -0.504 e. The van der Waals surface area contributed by atoms with Gasteiger partial charge in [0.25, 0.3) is 0 Å². The van der Waals surface area contributed by atoms with Crippen molar-refractivity contribution in [2.75, 3.05) is 13.7 Å². The number of carbonyl (C=O) groups excluding carboxylic acids is 2. The van der Waals surface area contributed by atoms with E-state index in [1.807, 2.05) is 0 Å². The number of ether oxygens (including phenoxy) is 2. The zero-order valence-electron chi connectivity index (χ0n) is 10.2. The van der Waals surface area contributed by atoms with Gasteiger partial charge in [0, 0.05) is 11.6 Å². The maximum absolute atomic E-state index is 11.1. The monoisotopic (exact) mass is 250 g/mol. The van der Waals surface area contributed by atoms with Crippen molar-refractivity contribution in [1.29, 1.82) is 0 Å². The summed E-state index contributed by atoms with van der Waals surface area (Å²) in [4.78, 5) is 22.0. The third kappa shape index (κ3) is 3.35. The molecule has 0 radical (unpaired) electrons. The molecule has 0 spiro atoms. The van der Waals surface area contributed by atoms with Gasteiger partial charge in [0.15, 0.2) is 17.8 Å². The molecule has 0 heterocycles. The van der Waals surface area contributed by atoms with Gasteiger partial charge in [-0.15, -0.1) is 0 Å². The Morgan fingerprint density at radius 3 is 2.67 bits per heavy atom. The first-order valence-electron chi connectivity index (χ1n) is 5.33. The zero-order chi connectivity index (χ0) is 13.5. The Kier molecular flexibility index (Phi) is 4.92. The van der Waals surface area contributed by atoms with Crippen molar-refractivity contribution in [2.24, 2.45) is 0 Å². The first-order chi connectivity index (χ1) is 8.62. The van der Waals surface area contributed by atoms with Gasteiger partial charge in [0.1, 0.15) is 0 Å². The van der Waals surface area contributed by atoms with Crippen LogP contribution in [0.3, 0.4) is 0 Å². The Hall–Kier alpha value is -2.30. The van der Waals surface area contributed by atoms with Crippen LogP contribution in [0.4, 0.5) is 0 Å². The summed E-state index contributed by atoms with van der Waals surface area (Å²) in [6, 6.07) is 2.74.